The molecule has 4 saturated carbocycles. The van der Waals surface area contributed by atoms with Crippen LogP contribution in [0.25, 0.3) is 0 Å². The number of aliphatic hydroxyl groups is 2. The number of rotatable bonds is 0. The molecule has 0 radical (unpaired) electrons. The fraction of sp³-hybridized carbons (Fsp3) is 1.00. The molecule has 6 fully saturated rings. The Labute approximate surface area is 194 Å². The molecular weight excluding hydrogens is 400 g/mol. The van der Waals surface area contributed by atoms with E-state index in [0.29, 0.717) is 41.4 Å². The van der Waals surface area contributed by atoms with Gasteiger partial charge >= 0.3 is 0 Å². The maximum absolute atomic E-state index is 12.2. The van der Waals surface area contributed by atoms with E-state index >= 15 is 0 Å². The van der Waals surface area contributed by atoms with E-state index in [1.165, 1.54) is 19.3 Å². The molecule has 1 spiro atoms. The summed E-state index contributed by atoms with van der Waals surface area (Å²) < 4.78 is 13.3. The maximum atomic E-state index is 12.2. The van der Waals surface area contributed by atoms with Gasteiger partial charge in [0.15, 0.2) is 5.79 Å². The Hall–Kier alpha value is -0.160. The topological polar surface area (TPSA) is 58.9 Å². The Kier molecular flexibility index (Phi) is 4.85. The van der Waals surface area contributed by atoms with Gasteiger partial charge in [-0.25, -0.2) is 0 Å². The highest BCUT2D eigenvalue weighted by Crippen LogP contribution is 2.73. The monoisotopic (exact) mass is 446 g/mol. The van der Waals surface area contributed by atoms with Crippen molar-refractivity contribution in [2.24, 2.45) is 52.3 Å². The molecule has 6 aliphatic rings. The first-order valence-corrected chi connectivity index (χ1v) is 13.7. The molecule has 0 aromatic carbocycles. The summed E-state index contributed by atoms with van der Waals surface area (Å²) in [5.41, 5.74) is -0.388. The number of aliphatic hydroxyl groups excluding tert-OH is 1. The van der Waals surface area contributed by atoms with Crippen molar-refractivity contribution >= 4 is 0 Å². The predicted molar refractivity (Wildman–Crippen MR) is 124 cm³/mol. The van der Waals surface area contributed by atoms with Crippen molar-refractivity contribution in [3.8, 4) is 0 Å². The average Bonchev–Trinajstić information content (AvgIpc) is 3.14. The highest BCUT2D eigenvalue weighted by molar-refractivity contribution is 5.19. The van der Waals surface area contributed by atoms with Crippen LogP contribution in [0.3, 0.4) is 0 Å². The zero-order valence-electron chi connectivity index (χ0n) is 21.0. The van der Waals surface area contributed by atoms with Crippen LogP contribution in [0.15, 0.2) is 0 Å². The van der Waals surface area contributed by atoms with Gasteiger partial charge in [-0.3, -0.25) is 0 Å². The molecule has 2 aliphatic heterocycles. The Morgan fingerprint density at radius 1 is 0.906 bits per heavy atom. The van der Waals surface area contributed by atoms with Crippen LogP contribution < -0.4 is 0 Å². The van der Waals surface area contributed by atoms with E-state index in [1.54, 1.807) is 0 Å². The molecule has 0 aromatic rings. The SMILES string of the molecule is C[C@@H]1CC[C@@]2(OC1)O[C@@H]1C[C@@H]3[C@@H]4CC[C@@H]5C[C@@H](O)CC[C@]5(C)[C@@H]4[C@@](C)(O)C[C@]3(C)[C@H]1[C@@H]2C. The molecule has 0 aromatic heterocycles. The number of fused-ring (bicyclic) bond motifs is 7. The van der Waals surface area contributed by atoms with Gasteiger partial charge in [0.2, 0.25) is 0 Å². The summed E-state index contributed by atoms with van der Waals surface area (Å²) in [5, 5.41) is 22.5. The Balaban J connectivity index is 1.33. The molecule has 2 N–H and O–H groups in total. The Morgan fingerprint density at radius 2 is 1.69 bits per heavy atom. The van der Waals surface area contributed by atoms with E-state index in [2.05, 4.69) is 34.6 Å². The fourth-order valence-corrected chi connectivity index (χ4v) is 11.0. The molecular formula is C28H46O4. The Morgan fingerprint density at radius 3 is 2.41 bits per heavy atom. The van der Waals surface area contributed by atoms with E-state index in [-0.39, 0.29) is 28.8 Å². The van der Waals surface area contributed by atoms with Gasteiger partial charge in [-0.05, 0) is 105 Å². The van der Waals surface area contributed by atoms with E-state index in [9.17, 15) is 10.2 Å². The minimum Gasteiger partial charge on any atom is -0.393 e. The molecule has 0 amide bonds. The van der Waals surface area contributed by atoms with E-state index in [0.717, 1.165) is 45.1 Å². The zero-order valence-corrected chi connectivity index (χ0v) is 21.0. The van der Waals surface area contributed by atoms with E-state index < -0.39 is 5.60 Å². The van der Waals surface area contributed by atoms with Gasteiger partial charge in [-0.15, -0.1) is 0 Å². The van der Waals surface area contributed by atoms with Crippen LogP contribution in [-0.2, 0) is 9.47 Å². The van der Waals surface area contributed by atoms with Crippen molar-refractivity contribution in [3.05, 3.63) is 0 Å². The zero-order chi connectivity index (χ0) is 22.7. The summed E-state index contributed by atoms with van der Waals surface area (Å²) in [6, 6.07) is 0. The van der Waals surface area contributed by atoms with Gasteiger partial charge in [0, 0.05) is 12.3 Å². The quantitative estimate of drug-likeness (QED) is 0.540. The van der Waals surface area contributed by atoms with Gasteiger partial charge in [0.25, 0.3) is 0 Å². The van der Waals surface area contributed by atoms with Gasteiger partial charge in [-0.2, -0.15) is 0 Å². The third-order valence-corrected chi connectivity index (χ3v) is 12.1. The molecule has 2 saturated heterocycles. The summed E-state index contributed by atoms with van der Waals surface area (Å²) in [5.74, 6) is 3.21. The van der Waals surface area contributed by atoms with Crippen LogP contribution in [0.1, 0.15) is 92.4 Å². The summed E-state index contributed by atoms with van der Waals surface area (Å²) in [6.07, 6.45) is 9.71. The van der Waals surface area contributed by atoms with Crippen molar-refractivity contribution in [2.75, 3.05) is 6.61 Å². The lowest BCUT2D eigenvalue weighted by Crippen LogP contribution is -2.64. The molecule has 4 heteroatoms. The second-order valence-corrected chi connectivity index (χ2v) is 14.0. The number of hydrogen-bond donors (Lipinski definition) is 2. The van der Waals surface area contributed by atoms with Gasteiger partial charge < -0.3 is 19.7 Å². The fourth-order valence-electron chi connectivity index (χ4n) is 11.0. The maximum Gasteiger partial charge on any atom is 0.171 e. The van der Waals surface area contributed by atoms with Crippen molar-refractivity contribution in [1.82, 2.24) is 0 Å². The highest BCUT2D eigenvalue weighted by Gasteiger charge is 2.72. The third kappa shape index (κ3) is 2.82. The molecule has 13 atom stereocenters. The van der Waals surface area contributed by atoms with Crippen molar-refractivity contribution in [3.63, 3.8) is 0 Å². The van der Waals surface area contributed by atoms with Crippen LogP contribution in [0, 0.1) is 52.3 Å². The summed E-state index contributed by atoms with van der Waals surface area (Å²) in [6.45, 7) is 12.6. The van der Waals surface area contributed by atoms with Crippen molar-refractivity contribution in [2.45, 2.75) is 116 Å². The number of ether oxygens (including phenoxy) is 2. The van der Waals surface area contributed by atoms with Crippen molar-refractivity contribution < 1.29 is 19.7 Å². The molecule has 4 aliphatic carbocycles. The van der Waals surface area contributed by atoms with Crippen LogP contribution in [-0.4, -0.2) is 40.4 Å². The lowest BCUT2D eigenvalue weighted by molar-refractivity contribution is -0.276. The summed E-state index contributed by atoms with van der Waals surface area (Å²) in [7, 11) is 0. The van der Waals surface area contributed by atoms with Crippen LogP contribution >= 0.6 is 0 Å². The van der Waals surface area contributed by atoms with E-state index in [4.69, 9.17) is 9.47 Å². The minimum atomic E-state index is -0.655. The van der Waals surface area contributed by atoms with Crippen LogP contribution in [0.4, 0.5) is 0 Å². The third-order valence-electron chi connectivity index (χ3n) is 12.1. The largest absolute Gasteiger partial charge is 0.393 e. The minimum absolute atomic E-state index is 0.113. The molecule has 0 bridgehead atoms. The highest BCUT2D eigenvalue weighted by atomic mass is 16.7. The molecule has 2 heterocycles. The molecule has 182 valence electrons. The number of hydrogen-bond acceptors (Lipinski definition) is 4. The Bertz CT molecular complexity index is 757. The smallest absolute Gasteiger partial charge is 0.171 e. The summed E-state index contributed by atoms with van der Waals surface area (Å²) >= 11 is 0. The average molecular weight is 447 g/mol. The van der Waals surface area contributed by atoms with Crippen LogP contribution in [0.5, 0.6) is 0 Å². The van der Waals surface area contributed by atoms with Gasteiger partial charge in [-0.1, -0.05) is 27.7 Å². The second kappa shape index (κ2) is 6.95. The first-order valence-electron chi connectivity index (χ1n) is 13.7. The first-order chi connectivity index (χ1) is 15.0. The lowest BCUT2D eigenvalue weighted by Gasteiger charge is -2.65. The molecule has 6 rings (SSSR count). The first kappa shape index (κ1) is 22.3. The van der Waals surface area contributed by atoms with Gasteiger partial charge in [0.1, 0.15) is 0 Å². The molecule has 4 nitrogen and oxygen atoms in total. The normalized spacial score (nSPS) is 64.0. The van der Waals surface area contributed by atoms with Crippen LogP contribution in [0.2, 0.25) is 0 Å². The summed E-state index contributed by atoms with van der Waals surface area (Å²) in [4.78, 5) is 0. The lowest BCUT2D eigenvalue weighted by atomic mass is 9.41. The molecule has 0 unspecified atom stereocenters. The molecule has 32 heavy (non-hydrogen) atoms. The van der Waals surface area contributed by atoms with Crippen molar-refractivity contribution in [1.29, 1.82) is 0 Å². The van der Waals surface area contributed by atoms with E-state index in [1.807, 2.05) is 0 Å². The predicted octanol–water partition coefficient (Wildman–Crippen LogP) is 5.15. The standard InChI is InChI=1S/C28H46O4/c1-16-8-11-28(31-14-16)17(2)23-22(32-28)13-21-20-7-6-18-12-19(29)9-10-25(18,3)24(20)27(5,30)15-26(21,23)4/h16-24,29-30H,6-15H2,1-5H3/t16-,17+,18-,19+,20+,21-,22-,23+,24-,25+,26+,27+,28-/m1/s1. The second-order valence-electron chi connectivity index (χ2n) is 14.0. The van der Waals surface area contributed by atoms with Gasteiger partial charge in [0.05, 0.1) is 24.4 Å².